The Bertz CT molecular complexity index is 227. The fourth-order valence-electron chi connectivity index (χ4n) is 2.01. The largest absolute Gasteiger partial charge is 0.479 e. The predicted molar refractivity (Wildman–Crippen MR) is 45.1 cm³/mol. The summed E-state index contributed by atoms with van der Waals surface area (Å²) in [5, 5.41) is 18.2. The van der Waals surface area contributed by atoms with Crippen LogP contribution in [-0.4, -0.2) is 28.0 Å². The van der Waals surface area contributed by atoms with Gasteiger partial charge >= 0.3 is 5.97 Å². The van der Waals surface area contributed by atoms with Gasteiger partial charge in [-0.1, -0.05) is 13.8 Å². The Hall–Kier alpha value is -0.640. The van der Waals surface area contributed by atoms with Crippen LogP contribution in [0.25, 0.3) is 0 Å². The molecule has 0 amide bonds. The van der Waals surface area contributed by atoms with Crippen LogP contribution in [0.15, 0.2) is 0 Å². The van der Waals surface area contributed by atoms with Gasteiger partial charge in [0.15, 0.2) is 0 Å². The Labute approximate surface area is 76.6 Å². The Morgan fingerprint density at radius 1 is 1.46 bits per heavy atom. The third-order valence-electron chi connectivity index (χ3n) is 2.71. The number of carboxylic acid groups (broad SMARTS) is 1. The summed E-state index contributed by atoms with van der Waals surface area (Å²) < 4.78 is 13.1. The van der Waals surface area contributed by atoms with Crippen LogP contribution in [0.4, 0.5) is 4.39 Å². The number of carbonyl (C=O) groups is 1. The molecule has 0 radical (unpaired) electrons. The Kier molecular flexibility index (Phi) is 2.36. The highest BCUT2D eigenvalue weighted by Gasteiger charge is 2.50. The third kappa shape index (κ3) is 1.99. The third-order valence-corrected chi connectivity index (χ3v) is 2.71. The highest BCUT2D eigenvalue weighted by atomic mass is 19.1. The van der Waals surface area contributed by atoms with E-state index < -0.39 is 17.7 Å². The molecule has 1 aliphatic rings. The van der Waals surface area contributed by atoms with E-state index in [1.807, 2.05) is 13.8 Å². The minimum atomic E-state index is -2.16. The van der Waals surface area contributed by atoms with E-state index in [-0.39, 0.29) is 18.3 Å². The summed E-state index contributed by atoms with van der Waals surface area (Å²) in [6.07, 6.45) is -1.05. The molecule has 0 aromatic heterocycles. The Morgan fingerprint density at radius 2 is 2.00 bits per heavy atom. The van der Waals surface area contributed by atoms with Crippen molar-refractivity contribution in [3.63, 3.8) is 0 Å². The molecule has 0 saturated heterocycles. The first-order chi connectivity index (χ1) is 5.77. The smallest absolute Gasteiger partial charge is 0.341 e. The van der Waals surface area contributed by atoms with Gasteiger partial charge < -0.3 is 10.2 Å². The molecule has 13 heavy (non-hydrogen) atoms. The molecule has 2 N–H and O–H groups in total. The topological polar surface area (TPSA) is 57.5 Å². The molecule has 1 aliphatic carbocycles. The molecule has 0 bridgehead atoms. The van der Waals surface area contributed by atoms with E-state index in [0.29, 0.717) is 6.42 Å². The zero-order valence-corrected chi connectivity index (χ0v) is 7.88. The molecule has 1 fully saturated rings. The van der Waals surface area contributed by atoms with Crippen molar-refractivity contribution in [3.8, 4) is 0 Å². The van der Waals surface area contributed by atoms with Crippen LogP contribution in [0.2, 0.25) is 0 Å². The normalized spacial score (nSPS) is 34.5. The summed E-state index contributed by atoms with van der Waals surface area (Å²) in [5.74, 6) is -1.57. The highest BCUT2D eigenvalue weighted by molar-refractivity contribution is 5.73. The van der Waals surface area contributed by atoms with Crippen LogP contribution in [-0.2, 0) is 4.79 Å². The van der Waals surface area contributed by atoms with Gasteiger partial charge in [-0.25, -0.2) is 9.18 Å². The van der Waals surface area contributed by atoms with E-state index >= 15 is 0 Å². The average Bonchev–Trinajstić information content (AvgIpc) is 2.25. The monoisotopic (exact) mass is 190 g/mol. The number of aliphatic hydroxyl groups is 1. The van der Waals surface area contributed by atoms with Crippen molar-refractivity contribution in [3.05, 3.63) is 0 Å². The van der Waals surface area contributed by atoms with E-state index in [1.54, 1.807) is 0 Å². The first-order valence-corrected chi connectivity index (χ1v) is 4.36. The van der Waals surface area contributed by atoms with Crippen molar-refractivity contribution in [2.24, 2.45) is 5.41 Å². The van der Waals surface area contributed by atoms with Crippen molar-refractivity contribution in [1.82, 2.24) is 0 Å². The van der Waals surface area contributed by atoms with Crippen molar-refractivity contribution < 1.29 is 19.4 Å². The van der Waals surface area contributed by atoms with Gasteiger partial charge in [0.1, 0.15) is 5.60 Å². The van der Waals surface area contributed by atoms with Gasteiger partial charge in [-0.2, -0.15) is 0 Å². The number of carboxylic acids is 1. The van der Waals surface area contributed by atoms with Gasteiger partial charge in [-0.05, 0) is 24.7 Å². The van der Waals surface area contributed by atoms with Crippen LogP contribution in [0.1, 0.15) is 33.1 Å². The zero-order chi connectivity index (χ0) is 10.3. The SMILES string of the molecule is CC1(C)CCC(O)(C(F)C(=O)O)C1. The van der Waals surface area contributed by atoms with E-state index in [0.717, 1.165) is 0 Å². The summed E-state index contributed by atoms with van der Waals surface area (Å²) >= 11 is 0. The number of hydrogen-bond acceptors (Lipinski definition) is 2. The first-order valence-electron chi connectivity index (χ1n) is 4.36. The number of aliphatic carboxylic acids is 1. The minimum absolute atomic E-state index is 0.158. The molecule has 0 aromatic rings. The second-order valence-corrected chi connectivity index (χ2v) is 4.65. The predicted octanol–water partition coefficient (Wildman–Crippen LogP) is 1.35. The lowest BCUT2D eigenvalue weighted by molar-refractivity contribution is -0.154. The fraction of sp³-hybridized carbons (Fsp3) is 0.889. The van der Waals surface area contributed by atoms with Gasteiger partial charge in [0.05, 0.1) is 0 Å². The highest BCUT2D eigenvalue weighted by Crippen LogP contribution is 2.45. The maximum Gasteiger partial charge on any atom is 0.341 e. The van der Waals surface area contributed by atoms with Gasteiger partial charge in [0, 0.05) is 0 Å². The maximum atomic E-state index is 13.1. The summed E-state index contributed by atoms with van der Waals surface area (Å²) in [6.45, 7) is 3.80. The van der Waals surface area contributed by atoms with Gasteiger partial charge in [0.25, 0.3) is 0 Å². The van der Waals surface area contributed by atoms with Crippen molar-refractivity contribution in [2.75, 3.05) is 0 Å². The summed E-state index contributed by atoms with van der Waals surface area (Å²) in [5.41, 5.74) is -1.82. The second-order valence-electron chi connectivity index (χ2n) is 4.65. The number of rotatable bonds is 2. The second kappa shape index (κ2) is 2.94. The lowest BCUT2D eigenvalue weighted by Crippen LogP contribution is -2.42. The van der Waals surface area contributed by atoms with Crippen molar-refractivity contribution >= 4 is 5.97 Å². The molecule has 0 heterocycles. The summed E-state index contributed by atoms with van der Waals surface area (Å²) in [6, 6.07) is 0. The molecular formula is C9H15FO3. The standard InChI is InChI=1S/C9H15FO3/c1-8(2)3-4-9(13,5-8)6(10)7(11)12/h6,13H,3-5H2,1-2H3,(H,11,12). The van der Waals surface area contributed by atoms with Crippen molar-refractivity contribution in [1.29, 1.82) is 0 Å². The molecule has 0 aliphatic heterocycles. The summed E-state index contributed by atoms with van der Waals surface area (Å²) in [4.78, 5) is 10.4. The van der Waals surface area contributed by atoms with Crippen molar-refractivity contribution in [2.45, 2.75) is 44.9 Å². The van der Waals surface area contributed by atoms with Crippen LogP contribution in [0.5, 0.6) is 0 Å². The quantitative estimate of drug-likeness (QED) is 0.691. The molecule has 0 spiro atoms. The minimum Gasteiger partial charge on any atom is -0.479 e. The number of alkyl halides is 1. The molecule has 3 nitrogen and oxygen atoms in total. The van der Waals surface area contributed by atoms with E-state index in [1.165, 1.54) is 0 Å². The van der Waals surface area contributed by atoms with E-state index in [2.05, 4.69) is 0 Å². The molecule has 4 heteroatoms. The van der Waals surface area contributed by atoms with Crippen LogP contribution in [0, 0.1) is 5.41 Å². The van der Waals surface area contributed by atoms with Crippen LogP contribution in [0.3, 0.4) is 0 Å². The van der Waals surface area contributed by atoms with Crippen LogP contribution >= 0.6 is 0 Å². The van der Waals surface area contributed by atoms with Crippen LogP contribution < -0.4 is 0 Å². The summed E-state index contributed by atoms with van der Waals surface area (Å²) in [7, 11) is 0. The molecule has 0 aromatic carbocycles. The maximum absolute atomic E-state index is 13.1. The van der Waals surface area contributed by atoms with E-state index in [9.17, 15) is 14.3 Å². The Balaban J connectivity index is 2.75. The van der Waals surface area contributed by atoms with Gasteiger partial charge in [-0.3, -0.25) is 0 Å². The van der Waals surface area contributed by atoms with E-state index in [4.69, 9.17) is 5.11 Å². The Morgan fingerprint density at radius 3 is 2.31 bits per heavy atom. The van der Waals surface area contributed by atoms with Gasteiger partial charge in [0.2, 0.25) is 6.17 Å². The van der Waals surface area contributed by atoms with Gasteiger partial charge in [-0.15, -0.1) is 0 Å². The number of halogens is 1. The molecule has 1 rings (SSSR count). The molecule has 2 atom stereocenters. The lowest BCUT2D eigenvalue weighted by atomic mass is 9.87. The fourth-order valence-corrected chi connectivity index (χ4v) is 2.01. The molecule has 1 saturated carbocycles. The molecular weight excluding hydrogens is 175 g/mol. The first kappa shape index (κ1) is 10.4. The molecule has 2 unspecified atom stereocenters. The zero-order valence-electron chi connectivity index (χ0n) is 7.88. The average molecular weight is 190 g/mol. The lowest BCUT2D eigenvalue weighted by Gasteiger charge is -2.26. The number of hydrogen-bond donors (Lipinski definition) is 2. The molecule has 76 valence electrons.